The Balaban J connectivity index is 2.57. The van der Waals surface area contributed by atoms with Crippen LogP contribution in [0.15, 0.2) is 6.07 Å². The Kier molecular flexibility index (Phi) is 7.75. The summed E-state index contributed by atoms with van der Waals surface area (Å²) in [6, 6.07) is 3.03. The van der Waals surface area contributed by atoms with E-state index in [1.54, 1.807) is 0 Å². The third kappa shape index (κ3) is 7.18. The molecule has 4 heteroatoms. The topological polar surface area (TPSA) is 15.3 Å². The first-order valence-corrected chi connectivity index (χ1v) is 9.96. The molecule has 1 atom stereocenters. The normalized spacial score (nSPS) is 13.9. The summed E-state index contributed by atoms with van der Waals surface area (Å²) < 4.78 is 0. The van der Waals surface area contributed by atoms with E-state index in [0.717, 1.165) is 13.1 Å². The van der Waals surface area contributed by atoms with Crippen LogP contribution in [0.2, 0.25) is 0 Å². The largest absolute Gasteiger partial charge is 0.307 e. The van der Waals surface area contributed by atoms with Crippen molar-refractivity contribution in [3.63, 3.8) is 0 Å². The van der Waals surface area contributed by atoms with Crippen LogP contribution in [0.3, 0.4) is 0 Å². The van der Waals surface area contributed by atoms with Crippen LogP contribution < -0.4 is 5.32 Å². The van der Waals surface area contributed by atoms with Gasteiger partial charge < -0.3 is 5.32 Å². The van der Waals surface area contributed by atoms with Crippen molar-refractivity contribution < 1.29 is 0 Å². The molecule has 0 fully saturated rings. The Morgan fingerprint density at radius 3 is 2.62 bits per heavy atom. The summed E-state index contributed by atoms with van der Waals surface area (Å²) in [7, 11) is 2.25. The fraction of sp³-hybridized carbons (Fsp3) is 0.765. The minimum atomic E-state index is 0.182. The van der Waals surface area contributed by atoms with Gasteiger partial charge in [0.15, 0.2) is 0 Å². The predicted octanol–water partition coefficient (Wildman–Crippen LogP) is 4.52. The van der Waals surface area contributed by atoms with Gasteiger partial charge in [-0.2, -0.15) is 11.8 Å². The summed E-state index contributed by atoms with van der Waals surface area (Å²) in [6.07, 6.45) is 3.45. The van der Waals surface area contributed by atoms with Gasteiger partial charge in [-0.25, -0.2) is 0 Å². The fourth-order valence-electron chi connectivity index (χ4n) is 2.12. The van der Waals surface area contributed by atoms with E-state index in [4.69, 9.17) is 0 Å². The molecule has 1 aromatic rings. The summed E-state index contributed by atoms with van der Waals surface area (Å²) >= 11 is 3.87. The van der Waals surface area contributed by atoms with Gasteiger partial charge in [-0.05, 0) is 71.7 Å². The van der Waals surface area contributed by atoms with Gasteiger partial charge in [0.25, 0.3) is 0 Å². The van der Waals surface area contributed by atoms with Crippen LogP contribution in [-0.4, -0.2) is 35.5 Å². The summed E-state index contributed by atoms with van der Waals surface area (Å²) in [6.45, 7) is 13.3. The minimum Gasteiger partial charge on any atom is -0.307 e. The predicted molar refractivity (Wildman–Crippen MR) is 99.6 cm³/mol. The highest BCUT2D eigenvalue weighted by Gasteiger charge is 2.14. The maximum absolute atomic E-state index is 3.58. The average Bonchev–Trinajstić information content (AvgIpc) is 2.73. The fourth-order valence-corrected chi connectivity index (χ4v) is 3.69. The molecule has 122 valence electrons. The molecule has 0 spiro atoms. The van der Waals surface area contributed by atoms with Gasteiger partial charge in [0.05, 0.1) is 0 Å². The molecule has 0 saturated carbocycles. The Bertz CT molecular complexity index is 421. The molecule has 0 aliphatic heterocycles. The van der Waals surface area contributed by atoms with E-state index in [2.05, 4.69) is 64.2 Å². The zero-order valence-electron chi connectivity index (χ0n) is 14.7. The molecular weight excluding hydrogens is 296 g/mol. The molecule has 1 aromatic heterocycles. The van der Waals surface area contributed by atoms with Gasteiger partial charge in [0.1, 0.15) is 0 Å². The zero-order chi connectivity index (χ0) is 16.0. The Morgan fingerprint density at radius 2 is 2.05 bits per heavy atom. The molecule has 0 bridgehead atoms. The monoisotopic (exact) mass is 328 g/mol. The van der Waals surface area contributed by atoms with Gasteiger partial charge in [-0.15, -0.1) is 11.3 Å². The quantitative estimate of drug-likeness (QED) is 0.755. The van der Waals surface area contributed by atoms with E-state index < -0.39 is 0 Å². The zero-order valence-corrected chi connectivity index (χ0v) is 16.4. The Morgan fingerprint density at radius 1 is 1.38 bits per heavy atom. The highest BCUT2D eigenvalue weighted by Crippen LogP contribution is 2.24. The standard InChI is InChI=1S/C17H32N2S2/c1-13(8-9-20-7)19(6)12-15-10-16(21-14(15)2)11-18-17(3,4)5/h10,13,18H,8-9,11-12H2,1-7H3. The van der Waals surface area contributed by atoms with E-state index in [1.165, 1.54) is 27.5 Å². The van der Waals surface area contributed by atoms with Crippen LogP contribution in [0.5, 0.6) is 0 Å². The second-order valence-electron chi connectivity index (χ2n) is 6.94. The van der Waals surface area contributed by atoms with Crippen molar-refractivity contribution in [2.24, 2.45) is 0 Å². The second kappa shape index (κ2) is 8.56. The Hall–Kier alpha value is -0.0300. The average molecular weight is 329 g/mol. The minimum absolute atomic E-state index is 0.182. The van der Waals surface area contributed by atoms with Crippen molar-refractivity contribution in [1.29, 1.82) is 0 Å². The van der Waals surface area contributed by atoms with Gasteiger partial charge in [-0.1, -0.05) is 0 Å². The molecule has 1 heterocycles. The third-order valence-electron chi connectivity index (χ3n) is 3.78. The maximum Gasteiger partial charge on any atom is 0.0304 e. The molecule has 1 N–H and O–H groups in total. The van der Waals surface area contributed by atoms with Crippen LogP contribution in [0.4, 0.5) is 0 Å². The van der Waals surface area contributed by atoms with Crippen molar-refractivity contribution in [3.8, 4) is 0 Å². The van der Waals surface area contributed by atoms with Crippen LogP contribution >= 0.6 is 23.1 Å². The molecule has 0 radical (unpaired) electrons. The summed E-state index contributed by atoms with van der Waals surface area (Å²) in [4.78, 5) is 5.39. The molecular formula is C17H32N2S2. The third-order valence-corrected chi connectivity index (χ3v) is 5.51. The lowest BCUT2D eigenvalue weighted by molar-refractivity contribution is 0.245. The number of nitrogens with zero attached hydrogens (tertiary/aromatic N) is 1. The van der Waals surface area contributed by atoms with Crippen molar-refractivity contribution in [2.75, 3.05) is 19.1 Å². The number of hydrogen-bond acceptors (Lipinski definition) is 4. The first-order valence-electron chi connectivity index (χ1n) is 7.75. The van der Waals surface area contributed by atoms with Gasteiger partial charge in [0.2, 0.25) is 0 Å². The number of rotatable bonds is 8. The van der Waals surface area contributed by atoms with Crippen LogP contribution in [-0.2, 0) is 13.1 Å². The molecule has 0 saturated heterocycles. The lowest BCUT2D eigenvalue weighted by Gasteiger charge is -2.24. The van der Waals surface area contributed by atoms with Crippen LogP contribution in [0.1, 0.15) is 49.4 Å². The maximum atomic E-state index is 3.58. The molecule has 2 nitrogen and oxygen atoms in total. The number of nitrogens with one attached hydrogen (secondary N) is 1. The van der Waals surface area contributed by atoms with E-state index >= 15 is 0 Å². The van der Waals surface area contributed by atoms with Crippen molar-refractivity contribution in [2.45, 2.75) is 65.7 Å². The molecule has 0 aromatic carbocycles. The van der Waals surface area contributed by atoms with E-state index in [9.17, 15) is 0 Å². The lowest BCUT2D eigenvalue weighted by atomic mass is 10.1. The molecule has 0 amide bonds. The SMILES string of the molecule is CSCCC(C)N(C)Cc1cc(CNC(C)(C)C)sc1C. The van der Waals surface area contributed by atoms with E-state index in [-0.39, 0.29) is 5.54 Å². The number of thiophene rings is 1. The Labute approximate surface area is 139 Å². The lowest BCUT2D eigenvalue weighted by Crippen LogP contribution is -2.34. The van der Waals surface area contributed by atoms with Gasteiger partial charge in [0, 0.05) is 34.4 Å². The molecule has 21 heavy (non-hydrogen) atoms. The van der Waals surface area contributed by atoms with Crippen molar-refractivity contribution in [1.82, 2.24) is 10.2 Å². The summed E-state index contributed by atoms with van der Waals surface area (Å²) in [5.41, 5.74) is 1.67. The molecule has 1 unspecified atom stereocenters. The van der Waals surface area contributed by atoms with Gasteiger partial charge in [-0.3, -0.25) is 4.90 Å². The smallest absolute Gasteiger partial charge is 0.0304 e. The first-order chi connectivity index (χ1) is 9.73. The number of aryl methyl sites for hydroxylation is 1. The highest BCUT2D eigenvalue weighted by molar-refractivity contribution is 7.98. The van der Waals surface area contributed by atoms with Gasteiger partial charge >= 0.3 is 0 Å². The van der Waals surface area contributed by atoms with E-state index in [0.29, 0.717) is 6.04 Å². The van der Waals surface area contributed by atoms with Crippen molar-refractivity contribution >= 4 is 23.1 Å². The highest BCUT2D eigenvalue weighted by atomic mass is 32.2. The molecule has 0 aliphatic rings. The first kappa shape index (κ1) is 19.0. The van der Waals surface area contributed by atoms with Crippen LogP contribution in [0, 0.1) is 6.92 Å². The number of hydrogen-bond donors (Lipinski definition) is 1. The van der Waals surface area contributed by atoms with E-state index in [1.807, 2.05) is 23.1 Å². The molecule has 1 rings (SSSR count). The summed E-state index contributed by atoms with van der Waals surface area (Å²) in [5.74, 6) is 1.24. The molecule has 0 aliphatic carbocycles. The second-order valence-corrected chi connectivity index (χ2v) is 9.27. The van der Waals surface area contributed by atoms with Crippen molar-refractivity contribution in [3.05, 3.63) is 21.4 Å². The summed E-state index contributed by atoms with van der Waals surface area (Å²) in [5, 5.41) is 3.58. The number of thioether (sulfide) groups is 1. The van der Waals surface area contributed by atoms with Crippen LogP contribution in [0.25, 0.3) is 0 Å².